The van der Waals surface area contributed by atoms with Gasteiger partial charge in [0.25, 0.3) is 11.8 Å². The van der Waals surface area contributed by atoms with Crippen LogP contribution < -0.4 is 21.2 Å². The SMILES string of the molecule is CC[C@H](Oc1ccc2ccccc2c1Br)C(=O)NNC(=O)c1cc2cc(Br)ccc2oc1=O. The number of amides is 2. The summed E-state index contributed by atoms with van der Waals surface area (Å²) in [5.74, 6) is -0.845. The molecule has 168 valence electrons. The van der Waals surface area contributed by atoms with Crippen LogP contribution in [0.4, 0.5) is 0 Å². The molecule has 9 heteroatoms. The topological polar surface area (TPSA) is 97.6 Å². The van der Waals surface area contributed by atoms with Gasteiger partial charge in [0.05, 0.1) is 4.47 Å². The lowest BCUT2D eigenvalue weighted by molar-refractivity contribution is -0.128. The Labute approximate surface area is 205 Å². The van der Waals surface area contributed by atoms with Crippen LogP contribution in [0.5, 0.6) is 5.75 Å². The second-order valence-electron chi connectivity index (χ2n) is 7.19. The van der Waals surface area contributed by atoms with Gasteiger partial charge in [-0.3, -0.25) is 20.4 Å². The van der Waals surface area contributed by atoms with E-state index in [9.17, 15) is 14.4 Å². The summed E-state index contributed by atoms with van der Waals surface area (Å²) in [5.41, 5.74) is 3.90. The van der Waals surface area contributed by atoms with Crippen LogP contribution >= 0.6 is 31.9 Å². The molecule has 4 aromatic rings. The van der Waals surface area contributed by atoms with Gasteiger partial charge >= 0.3 is 5.63 Å². The molecule has 0 spiro atoms. The molecule has 3 aromatic carbocycles. The molecule has 0 unspecified atom stereocenters. The average Bonchev–Trinajstić information content (AvgIpc) is 2.82. The fourth-order valence-electron chi connectivity index (χ4n) is 3.30. The van der Waals surface area contributed by atoms with Gasteiger partial charge in [0, 0.05) is 9.86 Å². The third kappa shape index (κ3) is 4.94. The number of nitrogens with one attached hydrogen (secondary N) is 2. The fraction of sp³-hybridized carbons (Fsp3) is 0.125. The summed E-state index contributed by atoms with van der Waals surface area (Å²) in [6, 6.07) is 17.9. The van der Waals surface area contributed by atoms with E-state index in [-0.39, 0.29) is 5.56 Å². The van der Waals surface area contributed by atoms with Crippen molar-refractivity contribution in [2.45, 2.75) is 19.4 Å². The Morgan fingerprint density at radius 1 is 1.00 bits per heavy atom. The second kappa shape index (κ2) is 9.76. The highest BCUT2D eigenvalue weighted by atomic mass is 79.9. The molecular formula is C24H18Br2N2O5. The minimum absolute atomic E-state index is 0.229. The summed E-state index contributed by atoms with van der Waals surface area (Å²) in [5, 5.41) is 2.55. The number of carbonyl (C=O) groups excluding carboxylic acids is 2. The predicted molar refractivity (Wildman–Crippen MR) is 132 cm³/mol. The van der Waals surface area contributed by atoms with Crippen LogP contribution in [-0.2, 0) is 4.79 Å². The fourth-order valence-corrected chi connectivity index (χ4v) is 4.26. The largest absolute Gasteiger partial charge is 0.479 e. The standard InChI is InChI=1S/C24H18Br2N2O5/c1-2-18(32-20-9-7-13-5-3-4-6-16(13)21(20)26)23(30)28-27-22(29)17-12-14-11-15(25)8-10-19(14)33-24(17)31/h3-12,18H,2H2,1H3,(H,27,29)(H,28,30)/t18-/m0/s1. The number of fused-ring (bicyclic) bond motifs is 2. The summed E-state index contributed by atoms with van der Waals surface area (Å²) >= 11 is 6.88. The summed E-state index contributed by atoms with van der Waals surface area (Å²) in [7, 11) is 0. The van der Waals surface area contributed by atoms with Gasteiger partial charge in [-0.1, -0.05) is 53.2 Å². The maximum atomic E-state index is 12.7. The van der Waals surface area contributed by atoms with Crippen molar-refractivity contribution in [3.05, 3.63) is 85.6 Å². The molecule has 0 aliphatic heterocycles. The number of carbonyl (C=O) groups is 2. The zero-order valence-electron chi connectivity index (χ0n) is 17.4. The summed E-state index contributed by atoms with van der Waals surface area (Å²) in [4.78, 5) is 37.4. The highest BCUT2D eigenvalue weighted by Gasteiger charge is 2.22. The number of hydrogen-bond donors (Lipinski definition) is 2. The molecule has 2 amide bonds. The first-order valence-electron chi connectivity index (χ1n) is 10.0. The quantitative estimate of drug-likeness (QED) is 0.256. The Bertz CT molecular complexity index is 1430. The Kier molecular flexibility index (Phi) is 6.80. The van der Waals surface area contributed by atoms with Gasteiger partial charge in [0.2, 0.25) is 0 Å². The highest BCUT2D eigenvalue weighted by molar-refractivity contribution is 9.11. The van der Waals surface area contributed by atoms with E-state index in [0.29, 0.717) is 23.1 Å². The van der Waals surface area contributed by atoms with Crippen LogP contribution in [0.15, 0.2) is 78.8 Å². The van der Waals surface area contributed by atoms with Gasteiger partial charge in [-0.2, -0.15) is 0 Å². The number of halogens is 2. The van der Waals surface area contributed by atoms with Crippen molar-refractivity contribution < 1.29 is 18.7 Å². The van der Waals surface area contributed by atoms with Crippen molar-refractivity contribution in [1.29, 1.82) is 0 Å². The molecule has 1 heterocycles. The Hall–Kier alpha value is -3.17. The molecule has 0 saturated carbocycles. The van der Waals surface area contributed by atoms with E-state index in [0.717, 1.165) is 19.7 Å². The first-order valence-corrected chi connectivity index (χ1v) is 11.6. The lowest BCUT2D eigenvalue weighted by Crippen LogP contribution is -2.48. The molecule has 7 nitrogen and oxygen atoms in total. The molecule has 2 N–H and O–H groups in total. The minimum atomic E-state index is -0.869. The van der Waals surface area contributed by atoms with Crippen LogP contribution in [0.25, 0.3) is 21.7 Å². The lowest BCUT2D eigenvalue weighted by Gasteiger charge is -2.19. The minimum Gasteiger partial charge on any atom is -0.479 e. The molecule has 1 aromatic heterocycles. The molecule has 33 heavy (non-hydrogen) atoms. The van der Waals surface area contributed by atoms with E-state index in [1.165, 1.54) is 6.07 Å². The average molecular weight is 574 g/mol. The van der Waals surface area contributed by atoms with Crippen molar-refractivity contribution >= 4 is 65.4 Å². The Morgan fingerprint density at radius 3 is 2.58 bits per heavy atom. The highest BCUT2D eigenvalue weighted by Crippen LogP contribution is 2.33. The zero-order valence-corrected chi connectivity index (χ0v) is 20.5. The second-order valence-corrected chi connectivity index (χ2v) is 8.90. The number of rotatable bonds is 5. The molecule has 0 aliphatic carbocycles. The van der Waals surface area contributed by atoms with Crippen molar-refractivity contribution in [2.75, 3.05) is 0 Å². The number of ether oxygens (including phenoxy) is 1. The molecule has 0 radical (unpaired) electrons. The maximum absolute atomic E-state index is 12.7. The Balaban J connectivity index is 1.47. The van der Waals surface area contributed by atoms with Gasteiger partial charge < -0.3 is 9.15 Å². The molecule has 0 saturated heterocycles. The van der Waals surface area contributed by atoms with E-state index in [1.807, 2.05) is 30.3 Å². The van der Waals surface area contributed by atoms with Crippen molar-refractivity contribution in [1.82, 2.24) is 10.9 Å². The maximum Gasteiger partial charge on any atom is 0.349 e. The molecule has 0 bridgehead atoms. The van der Waals surface area contributed by atoms with Gasteiger partial charge in [-0.25, -0.2) is 4.79 Å². The van der Waals surface area contributed by atoms with E-state index in [2.05, 4.69) is 42.7 Å². The predicted octanol–water partition coefficient (Wildman–Crippen LogP) is 5.09. The third-order valence-electron chi connectivity index (χ3n) is 5.00. The molecule has 1 atom stereocenters. The van der Waals surface area contributed by atoms with E-state index in [4.69, 9.17) is 9.15 Å². The number of benzene rings is 3. The number of hydrazine groups is 1. The van der Waals surface area contributed by atoms with E-state index in [1.54, 1.807) is 31.2 Å². The first-order chi connectivity index (χ1) is 15.9. The number of hydrogen-bond acceptors (Lipinski definition) is 5. The zero-order chi connectivity index (χ0) is 23.5. The Morgan fingerprint density at radius 2 is 1.79 bits per heavy atom. The monoisotopic (exact) mass is 572 g/mol. The summed E-state index contributed by atoms with van der Waals surface area (Å²) in [6.07, 6.45) is -0.514. The molecule has 0 aliphatic rings. The van der Waals surface area contributed by atoms with Crippen LogP contribution in [0.3, 0.4) is 0 Å². The van der Waals surface area contributed by atoms with Crippen molar-refractivity contribution in [2.24, 2.45) is 0 Å². The van der Waals surface area contributed by atoms with Crippen LogP contribution in [0.1, 0.15) is 23.7 Å². The van der Waals surface area contributed by atoms with Gasteiger partial charge in [-0.15, -0.1) is 0 Å². The molecule has 4 rings (SSSR count). The van der Waals surface area contributed by atoms with Crippen molar-refractivity contribution in [3.63, 3.8) is 0 Å². The normalized spacial score (nSPS) is 11.8. The van der Waals surface area contributed by atoms with Crippen molar-refractivity contribution in [3.8, 4) is 5.75 Å². The lowest BCUT2D eigenvalue weighted by atomic mass is 10.1. The van der Waals surface area contributed by atoms with Gasteiger partial charge in [0.15, 0.2) is 6.10 Å². The van der Waals surface area contributed by atoms with E-state index >= 15 is 0 Å². The molecular weight excluding hydrogens is 556 g/mol. The first kappa shape index (κ1) is 23.0. The third-order valence-corrected chi connectivity index (χ3v) is 6.31. The van der Waals surface area contributed by atoms with Crippen LogP contribution in [0, 0.1) is 0 Å². The van der Waals surface area contributed by atoms with Gasteiger partial charge in [0.1, 0.15) is 16.9 Å². The van der Waals surface area contributed by atoms with Crippen LogP contribution in [0.2, 0.25) is 0 Å². The summed E-state index contributed by atoms with van der Waals surface area (Å²) < 4.78 is 12.6. The molecule has 0 fully saturated rings. The van der Waals surface area contributed by atoms with E-state index < -0.39 is 23.5 Å². The smallest absolute Gasteiger partial charge is 0.349 e. The summed E-state index contributed by atoms with van der Waals surface area (Å²) in [6.45, 7) is 1.79. The van der Waals surface area contributed by atoms with Gasteiger partial charge in [-0.05, 0) is 63.5 Å². The van der Waals surface area contributed by atoms with Crippen LogP contribution in [-0.4, -0.2) is 17.9 Å².